The summed E-state index contributed by atoms with van der Waals surface area (Å²) in [5.41, 5.74) is 4.00. The zero-order valence-electron chi connectivity index (χ0n) is 14.8. The molecule has 1 N–H and O–H groups in total. The van der Waals surface area contributed by atoms with Gasteiger partial charge in [-0.25, -0.2) is 0 Å². The van der Waals surface area contributed by atoms with Crippen LogP contribution in [0, 0.1) is 0 Å². The fraction of sp³-hybridized carbons (Fsp3) is 0.400. The van der Waals surface area contributed by atoms with Gasteiger partial charge in [0.15, 0.2) is 29.3 Å². The van der Waals surface area contributed by atoms with Crippen LogP contribution < -0.4 is 18.9 Å². The molecule has 7 nitrogen and oxygen atoms in total. The zero-order valence-corrected chi connectivity index (χ0v) is 14.8. The van der Waals surface area contributed by atoms with Crippen LogP contribution in [0.1, 0.15) is 40.7 Å². The second-order valence-corrected chi connectivity index (χ2v) is 7.29. The van der Waals surface area contributed by atoms with Gasteiger partial charge in [0.1, 0.15) is 6.10 Å². The van der Waals surface area contributed by atoms with Crippen molar-refractivity contribution in [3.8, 4) is 23.0 Å². The van der Waals surface area contributed by atoms with Gasteiger partial charge in [-0.05, 0) is 48.4 Å². The Hall–Kier alpha value is -2.48. The van der Waals surface area contributed by atoms with E-state index in [1.54, 1.807) is 0 Å². The third-order valence-electron chi connectivity index (χ3n) is 5.89. The van der Waals surface area contributed by atoms with Crippen molar-refractivity contribution in [2.45, 2.75) is 24.9 Å². The van der Waals surface area contributed by atoms with Gasteiger partial charge in [-0.3, -0.25) is 4.90 Å². The molecule has 0 unspecified atom stereocenters. The molecular weight excluding hydrogens is 350 g/mol. The summed E-state index contributed by atoms with van der Waals surface area (Å²) in [4.78, 5) is 2.27. The Morgan fingerprint density at radius 2 is 1.74 bits per heavy atom. The number of ether oxygens (including phenoxy) is 5. The van der Waals surface area contributed by atoms with Gasteiger partial charge in [0, 0.05) is 6.54 Å². The van der Waals surface area contributed by atoms with Crippen molar-refractivity contribution in [2.24, 2.45) is 0 Å². The number of nitrogens with zero attached hydrogens (tertiary/aromatic N) is 1. The molecule has 4 aliphatic heterocycles. The molecule has 0 saturated carbocycles. The summed E-state index contributed by atoms with van der Waals surface area (Å²) in [5, 5.41) is 10.6. The topological polar surface area (TPSA) is 69.6 Å². The highest BCUT2D eigenvalue weighted by molar-refractivity contribution is 5.56. The lowest BCUT2D eigenvalue weighted by Crippen LogP contribution is -2.35. The minimum Gasteiger partial charge on any atom is -0.454 e. The first kappa shape index (κ1) is 15.6. The van der Waals surface area contributed by atoms with Crippen molar-refractivity contribution in [1.82, 2.24) is 4.90 Å². The lowest BCUT2D eigenvalue weighted by atomic mass is 9.86. The van der Waals surface area contributed by atoms with E-state index in [0.29, 0.717) is 17.1 Å². The summed E-state index contributed by atoms with van der Waals surface area (Å²) < 4.78 is 28.2. The van der Waals surface area contributed by atoms with Gasteiger partial charge in [-0.15, -0.1) is 0 Å². The van der Waals surface area contributed by atoms with Crippen LogP contribution in [0.2, 0.25) is 0 Å². The highest BCUT2D eigenvalue weighted by Crippen LogP contribution is 2.54. The molecule has 0 bridgehead atoms. The summed E-state index contributed by atoms with van der Waals surface area (Å²) in [5.74, 6) is 2.80. The van der Waals surface area contributed by atoms with E-state index in [0.717, 1.165) is 35.6 Å². The number of aliphatic hydroxyl groups is 1. The maximum Gasteiger partial charge on any atom is 0.231 e. The SMILES string of the molecule is CN1CCc2cc3c(cc2[C@H]1[C@@H]1O[C@H](O)c2c1ccc1c2OCO1)OCO3. The minimum atomic E-state index is -1.03. The molecule has 0 radical (unpaired) electrons. The summed E-state index contributed by atoms with van der Waals surface area (Å²) in [7, 11) is 2.08. The fourth-order valence-corrected chi connectivity index (χ4v) is 4.60. The minimum absolute atomic E-state index is 0.0421. The molecule has 4 aliphatic rings. The lowest BCUT2D eigenvalue weighted by molar-refractivity contribution is -0.142. The molecule has 3 atom stereocenters. The van der Waals surface area contributed by atoms with Gasteiger partial charge in [0.25, 0.3) is 0 Å². The number of likely N-dealkylation sites (N-methyl/N-ethyl adjacent to an activating group) is 1. The largest absolute Gasteiger partial charge is 0.454 e. The van der Waals surface area contributed by atoms with Crippen molar-refractivity contribution in [2.75, 3.05) is 27.2 Å². The summed E-state index contributed by atoms with van der Waals surface area (Å²) >= 11 is 0. The van der Waals surface area contributed by atoms with Crippen LogP contribution in [-0.4, -0.2) is 37.2 Å². The first-order valence-corrected chi connectivity index (χ1v) is 9.09. The van der Waals surface area contributed by atoms with Crippen molar-refractivity contribution < 1.29 is 28.8 Å². The molecule has 2 aromatic rings. The van der Waals surface area contributed by atoms with Crippen LogP contribution in [0.15, 0.2) is 24.3 Å². The first-order valence-electron chi connectivity index (χ1n) is 9.09. The molecule has 2 aromatic carbocycles. The van der Waals surface area contributed by atoms with E-state index in [9.17, 15) is 5.11 Å². The molecule has 0 amide bonds. The Kier molecular flexibility index (Phi) is 3.18. The molecule has 27 heavy (non-hydrogen) atoms. The smallest absolute Gasteiger partial charge is 0.231 e. The Morgan fingerprint density at radius 3 is 2.63 bits per heavy atom. The summed E-state index contributed by atoms with van der Waals surface area (Å²) in [6.45, 7) is 1.32. The van der Waals surface area contributed by atoms with Gasteiger partial charge < -0.3 is 28.8 Å². The molecular formula is C20H19NO6. The molecule has 0 aliphatic carbocycles. The van der Waals surface area contributed by atoms with E-state index in [1.165, 1.54) is 5.56 Å². The third-order valence-corrected chi connectivity index (χ3v) is 5.89. The zero-order chi connectivity index (χ0) is 18.1. The molecule has 0 fully saturated rings. The Bertz CT molecular complexity index is 945. The highest BCUT2D eigenvalue weighted by atomic mass is 16.7. The maximum absolute atomic E-state index is 10.6. The first-order chi connectivity index (χ1) is 13.2. The Balaban J connectivity index is 1.48. The predicted molar refractivity (Wildman–Crippen MR) is 93.0 cm³/mol. The van der Waals surface area contributed by atoms with Crippen LogP contribution in [0.4, 0.5) is 0 Å². The highest BCUT2D eigenvalue weighted by Gasteiger charge is 2.44. The van der Waals surface area contributed by atoms with Gasteiger partial charge in [0.05, 0.1) is 11.6 Å². The van der Waals surface area contributed by atoms with Crippen molar-refractivity contribution >= 4 is 0 Å². The second-order valence-electron chi connectivity index (χ2n) is 7.29. The van der Waals surface area contributed by atoms with E-state index >= 15 is 0 Å². The van der Waals surface area contributed by atoms with Crippen LogP contribution in [0.5, 0.6) is 23.0 Å². The molecule has 0 spiro atoms. The Labute approximate surface area is 156 Å². The third kappa shape index (κ3) is 2.13. The van der Waals surface area contributed by atoms with Crippen LogP contribution in [0.25, 0.3) is 0 Å². The van der Waals surface area contributed by atoms with E-state index < -0.39 is 6.29 Å². The number of hydrogen-bond acceptors (Lipinski definition) is 7. The number of benzene rings is 2. The standard InChI is InChI=1S/C20H19NO6/c1-21-5-4-10-6-14-15(25-8-24-14)7-12(10)17(21)18-11-2-3-13-19(26-9-23-13)16(11)20(22)27-18/h2-3,6-7,17-18,20,22H,4-5,8-9H2,1H3/t17-,18+,20-/m0/s1. The molecule has 7 heteroatoms. The van der Waals surface area contributed by atoms with E-state index in [2.05, 4.69) is 24.1 Å². The maximum atomic E-state index is 10.6. The Morgan fingerprint density at radius 1 is 0.963 bits per heavy atom. The number of rotatable bonds is 1. The van der Waals surface area contributed by atoms with Gasteiger partial charge in [0.2, 0.25) is 13.6 Å². The van der Waals surface area contributed by atoms with Gasteiger partial charge in [-0.1, -0.05) is 6.07 Å². The van der Waals surface area contributed by atoms with Crippen molar-refractivity contribution in [3.05, 3.63) is 46.5 Å². The quantitative estimate of drug-likeness (QED) is 0.828. The van der Waals surface area contributed by atoms with Crippen LogP contribution >= 0.6 is 0 Å². The normalized spacial score (nSPS) is 27.6. The van der Waals surface area contributed by atoms with Crippen LogP contribution in [0.3, 0.4) is 0 Å². The average molecular weight is 369 g/mol. The number of fused-ring (bicyclic) bond motifs is 5. The molecule has 4 heterocycles. The predicted octanol–water partition coefficient (Wildman–Crippen LogP) is 2.44. The summed E-state index contributed by atoms with van der Waals surface area (Å²) in [6.07, 6.45) is -0.411. The fourth-order valence-electron chi connectivity index (χ4n) is 4.60. The molecule has 6 rings (SSSR count). The van der Waals surface area contributed by atoms with Crippen LogP contribution in [-0.2, 0) is 11.2 Å². The van der Waals surface area contributed by atoms with Gasteiger partial charge in [-0.2, -0.15) is 0 Å². The second kappa shape index (κ2) is 5.51. The van der Waals surface area contributed by atoms with E-state index in [1.807, 2.05) is 12.1 Å². The van der Waals surface area contributed by atoms with E-state index in [4.69, 9.17) is 23.7 Å². The van der Waals surface area contributed by atoms with Crippen molar-refractivity contribution in [3.63, 3.8) is 0 Å². The van der Waals surface area contributed by atoms with E-state index in [-0.39, 0.29) is 25.7 Å². The molecule has 0 aromatic heterocycles. The molecule has 0 saturated heterocycles. The monoisotopic (exact) mass is 369 g/mol. The number of hydrogen-bond donors (Lipinski definition) is 1. The number of aliphatic hydroxyl groups excluding tert-OH is 1. The van der Waals surface area contributed by atoms with Crippen molar-refractivity contribution in [1.29, 1.82) is 0 Å². The lowest BCUT2D eigenvalue weighted by Gasteiger charge is -2.38. The molecule has 140 valence electrons. The average Bonchev–Trinajstić information content (AvgIpc) is 3.38. The summed E-state index contributed by atoms with van der Waals surface area (Å²) in [6, 6.07) is 7.94. The van der Waals surface area contributed by atoms with Gasteiger partial charge >= 0.3 is 0 Å².